The van der Waals surface area contributed by atoms with Crippen LogP contribution < -0.4 is 4.90 Å². The summed E-state index contributed by atoms with van der Waals surface area (Å²) in [7, 11) is 1.96. The first-order valence-corrected chi connectivity index (χ1v) is 7.33. The Kier molecular flexibility index (Phi) is 5.02. The summed E-state index contributed by atoms with van der Waals surface area (Å²) in [4.78, 5) is 10.2. The first kappa shape index (κ1) is 14.6. The summed E-state index contributed by atoms with van der Waals surface area (Å²) in [6, 6.07) is 8.14. The van der Waals surface area contributed by atoms with Gasteiger partial charge in [-0.15, -0.1) is 11.6 Å². The van der Waals surface area contributed by atoms with Crippen molar-refractivity contribution in [3.63, 3.8) is 0 Å². The van der Waals surface area contributed by atoms with Crippen LogP contribution in [0.25, 0.3) is 0 Å². The molecule has 0 amide bonds. The lowest BCUT2D eigenvalue weighted by atomic mass is 10.2. The smallest absolute Gasteiger partial charge is 0.138 e. The molecular formula is C13H12BrCl2N3. The van der Waals surface area contributed by atoms with Gasteiger partial charge in [0.2, 0.25) is 0 Å². The van der Waals surface area contributed by atoms with Gasteiger partial charge in [-0.3, -0.25) is 0 Å². The van der Waals surface area contributed by atoms with Crippen LogP contribution in [0, 0.1) is 0 Å². The average molecular weight is 361 g/mol. The molecule has 0 aliphatic heterocycles. The summed E-state index contributed by atoms with van der Waals surface area (Å²) in [6.07, 6.45) is 1.45. The van der Waals surface area contributed by atoms with Gasteiger partial charge in [0.05, 0.1) is 5.88 Å². The lowest BCUT2D eigenvalue weighted by Crippen LogP contribution is -2.19. The SMILES string of the molecule is CN(Cc1ccc(Br)cc1)c1ncnc(Cl)c1CCl. The van der Waals surface area contributed by atoms with Crippen molar-refractivity contribution in [2.24, 2.45) is 0 Å². The number of alkyl halides is 1. The highest BCUT2D eigenvalue weighted by Crippen LogP contribution is 2.25. The molecule has 0 spiro atoms. The standard InChI is InChI=1S/C13H12BrCl2N3/c1-19(7-9-2-4-10(14)5-3-9)13-11(6-15)12(16)17-8-18-13/h2-5,8H,6-7H2,1H3. The van der Waals surface area contributed by atoms with Gasteiger partial charge in [0, 0.05) is 23.6 Å². The molecule has 0 saturated heterocycles. The third-order valence-electron chi connectivity index (χ3n) is 2.70. The Morgan fingerprint density at radius 3 is 2.53 bits per heavy atom. The molecule has 0 bridgehead atoms. The zero-order valence-electron chi connectivity index (χ0n) is 10.3. The third-order valence-corrected chi connectivity index (χ3v) is 3.82. The molecule has 2 aromatic rings. The second-order valence-electron chi connectivity index (χ2n) is 4.08. The fourth-order valence-electron chi connectivity index (χ4n) is 1.76. The normalized spacial score (nSPS) is 10.5. The Labute approximate surface area is 130 Å². The van der Waals surface area contributed by atoms with E-state index in [1.807, 2.05) is 24.1 Å². The van der Waals surface area contributed by atoms with E-state index in [9.17, 15) is 0 Å². The number of hydrogen-bond donors (Lipinski definition) is 0. The van der Waals surface area contributed by atoms with Crippen molar-refractivity contribution < 1.29 is 0 Å². The van der Waals surface area contributed by atoms with Gasteiger partial charge >= 0.3 is 0 Å². The van der Waals surface area contributed by atoms with Crippen LogP contribution in [0.1, 0.15) is 11.1 Å². The van der Waals surface area contributed by atoms with E-state index in [0.29, 0.717) is 11.0 Å². The minimum atomic E-state index is 0.291. The van der Waals surface area contributed by atoms with E-state index in [0.717, 1.165) is 22.4 Å². The topological polar surface area (TPSA) is 29.0 Å². The van der Waals surface area contributed by atoms with Gasteiger partial charge in [-0.1, -0.05) is 39.7 Å². The minimum absolute atomic E-state index is 0.291. The van der Waals surface area contributed by atoms with Crippen LogP contribution in [0.2, 0.25) is 5.15 Å². The molecule has 3 nitrogen and oxygen atoms in total. The summed E-state index contributed by atoms with van der Waals surface area (Å²) in [5, 5.41) is 0.405. The van der Waals surface area contributed by atoms with E-state index in [2.05, 4.69) is 38.0 Å². The molecular weight excluding hydrogens is 349 g/mol. The van der Waals surface area contributed by atoms with Crippen LogP contribution in [-0.4, -0.2) is 17.0 Å². The molecule has 6 heteroatoms. The summed E-state index contributed by atoms with van der Waals surface area (Å²) in [5.41, 5.74) is 1.94. The zero-order chi connectivity index (χ0) is 13.8. The largest absolute Gasteiger partial charge is 0.355 e. The van der Waals surface area contributed by atoms with Crippen LogP contribution in [0.4, 0.5) is 5.82 Å². The predicted octanol–water partition coefficient (Wildman–Crippen LogP) is 4.27. The van der Waals surface area contributed by atoms with Gasteiger partial charge in [-0.05, 0) is 17.7 Å². The molecule has 0 unspecified atom stereocenters. The second kappa shape index (κ2) is 6.55. The molecule has 0 aliphatic carbocycles. The van der Waals surface area contributed by atoms with Gasteiger partial charge in [0.25, 0.3) is 0 Å². The van der Waals surface area contributed by atoms with Crippen LogP contribution >= 0.6 is 39.1 Å². The number of anilines is 1. The van der Waals surface area contributed by atoms with Crippen molar-refractivity contribution in [3.05, 3.63) is 51.3 Å². The fourth-order valence-corrected chi connectivity index (χ4v) is 2.54. The van der Waals surface area contributed by atoms with Crippen LogP contribution in [0.5, 0.6) is 0 Å². The molecule has 100 valence electrons. The van der Waals surface area contributed by atoms with Gasteiger partial charge in [0.1, 0.15) is 17.3 Å². The van der Waals surface area contributed by atoms with Crippen molar-refractivity contribution in [1.29, 1.82) is 0 Å². The third kappa shape index (κ3) is 3.59. The first-order chi connectivity index (χ1) is 9.11. The summed E-state index contributed by atoms with van der Waals surface area (Å²) in [6.45, 7) is 0.727. The quantitative estimate of drug-likeness (QED) is 0.602. The lowest BCUT2D eigenvalue weighted by molar-refractivity contribution is 0.880. The molecule has 0 radical (unpaired) electrons. The van der Waals surface area contributed by atoms with E-state index in [-0.39, 0.29) is 0 Å². The van der Waals surface area contributed by atoms with Gasteiger partial charge in [0.15, 0.2) is 0 Å². The zero-order valence-corrected chi connectivity index (χ0v) is 13.4. The molecule has 19 heavy (non-hydrogen) atoms. The van der Waals surface area contributed by atoms with E-state index in [1.165, 1.54) is 11.9 Å². The molecule has 0 saturated carbocycles. The van der Waals surface area contributed by atoms with Crippen LogP contribution in [0.15, 0.2) is 35.1 Å². The van der Waals surface area contributed by atoms with Crippen molar-refractivity contribution in [2.45, 2.75) is 12.4 Å². The lowest BCUT2D eigenvalue weighted by Gasteiger charge is -2.20. The molecule has 0 aliphatic rings. The molecule has 0 N–H and O–H groups in total. The van der Waals surface area contributed by atoms with E-state index in [1.54, 1.807) is 0 Å². The number of halogens is 3. The van der Waals surface area contributed by atoms with Crippen molar-refractivity contribution in [2.75, 3.05) is 11.9 Å². The van der Waals surface area contributed by atoms with E-state index in [4.69, 9.17) is 23.2 Å². The van der Waals surface area contributed by atoms with Crippen LogP contribution in [0.3, 0.4) is 0 Å². The Morgan fingerprint density at radius 1 is 1.21 bits per heavy atom. The number of hydrogen-bond acceptors (Lipinski definition) is 3. The van der Waals surface area contributed by atoms with E-state index >= 15 is 0 Å². The highest BCUT2D eigenvalue weighted by molar-refractivity contribution is 9.10. The number of benzene rings is 1. The number of aromatic nitrogens is 2. The molecule has 0 atom stereocenters. The highest BCUT2D eigenvalue weighted by atomic mass is 79.9. The minimum Gasteiger partial charge on any atom is -0.355 e. The van der Waals surface area contributed by atoms with Crippen molar-refractivity contribution in [3.8, 4) is 0 Å². The molecule has 1 heterocycles. The number of rotatable bonds is 4. The van der Waals surface area contributed by atoms with Gasteiger partial charge in [-0.2, -0.15) is 0 Å². The summed E-state index contributed by atoms with van der Waals surface area (Å²) in [5.74, 6) is 1.05. The van der Waals surface area contributed by atoms with Crippen molar-refractivity contribution >= 4 is 44.9 Å². The molecule has 1 aromatic carbocycles. The monoisotopic (exact) mass is 359 g/mol. The Morgan fingerprint density at radius 2 is 1.89 bits per heavy atom. The maximum atomic E-state index is 6.03. The Hall–Kier alpha value is -0.840. The molecule has 0 fully saturated rings. The number of nitrogens with zero attached hydrogens (tertiary/aromatic N) is 3. The molecule has 1 aromatic heterocycles. The fraction of sp³-hybridized carbons (Fsp3) is 0.231. The summed E-state index contributed by atoms with van der Waals surface area (Å²) < 4.78 is 1.06. The predicted molar refractivity (Wildman–Crippen MR) is 82.8 cm³/mol. The average Bonchev–Trinajstić information content (AvgIpc) is 2.41. The first-order valence-electron chi connectivity index (χ1n) is 5.62. The van der Waals surface area contributed by atoms with Gasteiger partial charge in [-0.25, -0.2) is 9.97 Å². The maximum Gasteiger partial charge on any atom is 0.138 e. The van der Waals surface area contributed by atoms with Crippen LogP contribution in [-0.2, 0) is 12.4 Å². The van der Waals surface area contributed by atoms with Gasteiger partial charge < -0.3 is 4.90 Å². The Bertz CT molecular complexity index is 560. The summed E-state index contributed by atoms with van der Waals surface area (Å²) >= 11 is 15.4. The Balaban J connectivity index is 2.22. The maximum absolute atomic E-state index is 6.03. The molecule has 2 rings (SSSR count). The van der Waals surface area contributed by atoms with E-state index < -0.39 is 0 Å². The van der Waals surface area contributed by atoms with Crippen molar-refractivity contribution in [1.82, 2.24) is 9.97 Å². The second-order valence-corrected chi connectivity index (χ2v) is 5.62. The highest BCUT2D eigenvalue weighted by Gasteiger charge is 2.13.